The van der Waals surface area contributed by atoms with Gasteiger partial charge < -0.3 is 5.11 Å². The Morgan fingerprint density at radius 3 is 2.72 bits per heavy atom. The van der Waals surface area contributed by atoms with Crippen LogP contribution in [0.5, 0.6) is 5.75 Å². The van der Waals surface area contributed by atoms with Crippen molar-refractivity contribution < 1.29 is 5.11 Å². The molecule has 2 aromatic rings. The van der Waals surface area contributed by atoms with E-state index in [1.807, 2.05) is 12.1 Å². The van der Waals surface area contributed by atoms with Gasteiger partial charge in [0.25, 0.3) is 0 Å². The standard InChI is InChI=1S/C17H18O/c1-2-12-9-13-7-8-16(18)11-15(13)10-14-5-3-4-6-17(12)14/h3-8,11-12,18H,2,9-10H2,1H3. The molecule has 0 amide bonds. The predicted molar refractivity (Wildman–Crippen MR) is 74.1 cm³/mol. The van der Waals surface area contributed by atoms with Gasteiger partial charge in [0.1, 0.15) is 5.75 Å². The van der Waals surface area contributed by atoms with Gasteiger partial charge in [0, 0.05) is 0 Å². The summed E-state index contributed by atoms with van der Waals surface area (Å²) < 4.78 is 0. The van der Waals surface area contributed by atoms with Crippen LogP contribution in [0.15, 0.2) is 42.5 Å². The van der Waals surface area contributed by atoms with E-state index in [9.17, 15) is 5.11 Å². The lowest BCUT2D eigenvalue weighted by atomic mass is 9.89. The molecular weight excluding hydrogens is 220 g/mol. The fourth-order valence-corrected chi connectivity index (χ4v) is 3.01. The molecule has 1 atom stereocenters. The minimum atomic E-state index is 0.376. The van der Waals surface area contributed by atoms with E-state index in [2.05, 4.69) is 37.3 Å². The van der Waals surface area contributed by atoms with E-state index >= 15 is 0 Å². The molecule has 92 valence electrons. The Kier molecular flexibility index (Phi) is 2.83. The molecule has 0 saturated carbocycles. The summed E-state index contributed by atoms with van der Waals surface area (Å²) in [5, 5.41) is 9.65. The average molecular weight is 238 g/mol. The van der Waals surface area contributed by atoms with Crippen molar-refractivity contribution in [2.75, 3.05) is 0 Å². The smallest absolute Gasteiger partial charge is 0.115 e. The van der Waals surface area contributed by atoms with Gasteiger partial charge in [-0.15, -0.1) is 0 Å². The van der Waals surface area contributed by atoms with Crippen LogP contribution >= 0.6 is 0 Å². The molecule has 1 aliphatic carbocycles. The van der Waals surface area contributed by atoms with Crippen LogP contribution in [-0.4, -0.2) is 5.11 Å². The topological polar surface area (TPSA) is 20.2 Å². The quantitative estimate of drug-likeness (QED) is 0.795. The van der Waals surface area contributed by atoms with Gasteiger partial charge in [0.05, 0.1) is 0 Å². The number of phenolic OH excluding ortho intramolecular Hbond substituents is 1. The fraction of sp³-hybridized carbons (Fsp3) is 0.294. The van der Waals surface area contributed by atoms with Gasteiger partial charge >= 0.3 is 0 Å². The number of hydrogen-bond donors (Lipinski definition) is 1. The van der Waals surface area contributed by atoms with Crippen LogP contribution in [0.1, 0.15) is 41.5 Å². The third-order valence-electron chi connectivity index (χ3n) is 4.02. The molecule has 0 heterocycles. The first-order valence-electron chi connectivity index (χ1n) is 6.66. The van der Waals surface area contributed by atoms with Gasteiger partial charge in [0.15, 0.2) is 0 Å². The highest BCUT2D eigenvalue weighted by Gasteiger charge is 2.20. The van der Waals surface area contributed by atoms with Gasteiger partial charge in [0.2, 0.25) is 0 Å². The zero-order chi connectivity index (χ0) is 12.5. The summed E-state index contributed by atoms with van der Waals surface area (Å²) in [7, 11) is 0. The van der Waals surface area contributed by atoms with Gasteiger partial charge in [-0.2, -0.15) is 0 Å². The second-order valence-electron chi connectivity index (χ2n) is 5.14. The van der Waals surface area contributed by atoms with E-state index in [0.29, 0.717) is 11.7 Å². The van der Waals surface area contributed by atoms with E-state index in [1.165, 1.54) is 22.3 Å². The maximum absolute atomic E-state index is 9.65. The summed E-state index contributed by atoms with van der Waals surface area (Å²) in [6, 6.07) is 14.5. The highest BCUT2D eigenvalue weighted by atomic mass is 16.3. The number of fused-ring (bicyclic) bond motifs is 2. The minimum absolute atomic E-state index is 0.376. The van der Waals surface area contributed by atoms with E-state index in [0.717, 1.165) is 19.3 Å². The monoisotopic (exact) mass is 238 g/mol. The first kappa shape index (κ1) is 11.3. The van der Waals surface area contributed by atoms with Crippen molar-refractivity contribution in [1.29, 1.82) is 0 Å². The number of rotatable bonds is 1. The maximum Gasteiger partial charge on any atom is 0.115 e. The molecule has 1 aliphatic rings. The fourth-order valence-electron chi connectivity index (χ4n) is 3.01. The Hall–Kier alpha value is -1.76. The number of aromatic hydroxyl groups is 1. The molecule has 1 heteroatoms. The number of hydrogen-bond acceptors (Lipinski definition) is 1. The number of benzene rings is 2. The molecule has 0 aliphatic heterocycles. The molecule has 0 spiro atoms. The van der Waals surface area contributed by atoms with E-state index < -0.39 is 0 Å². The van der Waals surface area contributed by atoms with Crippen LogP contribution in [0.2, 0.25) is 0 Å². The lowest BCUT2D eigenvalue weighted by Crippen LogP contribution is -2.01. The van der Waals surface area contributed by atoms with E-state index in [-0.39, 0.29) is 0 Å². The Morgan fingerprint density at radius 1 is 1.06 bits per heavy atom. The molecule has 0 saturated heterocycles. The van der Waals surface area contributed by atoms with E-state index in [1.54, 1.807) is 0 Å². The Bertz CT molecular complexity index is 572. The van der Waals surface area contributed by atoms with Crippen LogP contribution in [0.25, 0.3) is 0 Å². The highest BCUT2D eigenvalue weighted by Crippen LogP contribution is 2.34. The molecule has 1 nitrogen and oxygen atoms in total. The van der Waals surface area contributed by atoms with Crippen LogP contribution in [0.3, 0.4) is 0 Å². The third-order valence-corrected chi connectivity index (χ3v) is 4.02. The first-order valence-corrected chi connectivity index (χ1v) is 6.66. The Balaban J connectivity index is 2.13. The van der Waals surface area contributed by atoms with Gasteiger partial charge in [-0.3, -0.25) is 0 Å². The zero-order valence-electron chi connectivity index (χ0n) is 10.7. The summed E-state index contributed by atoms with van der Waals surface area (Å²) in [5.74, 6) is 0.980. The summed E-state index contributed by atoms with van der Waals surface area (Å²) in [5.41, 5.74) is 5.55. The first-order chi connectivity index (χ1) is 8.78. The van der Waals surface area contributed by atoms with Crippen molar-refractivity contribution >= 4 is 0 Å². The van der Waals surface area contributed by atoms with Gasteiger partial charge in [-0.05, 0) is 59.6 Å². The van der Waals surface area contributed by atoms with E-state index in [4.69, 9.17) is 0 Å². The van der Waals surface area contributed by atoms with Crippen LogP contribution < -0.4 is 0 Å². The zero-order valence-corrected chi connectivity index (χ0v) is 10.7. The molecule has 18 heavy (non-hydrogen) atoms. The second kappa shape index (κ2) is 4.49. The van der Waals surface area contributed by atoms with Gasteiger partial charge in [-0.1, -0.05) is 37.3 Å². The molecule has 0 radical (unpaired) electrons. The molecule has 0 fully saturated rings. The number of phenols is 1. The lowest BCUT2D eigenvalue weighted by Gasteiger charge is -2.15. The van der Waals surface area contributed by atoms with Crippen LogP contribution in [0.4, 0.5) is 0 Å². The largest absolute Gasteiger partial charge is 0.508 e. The second-order valence-corrected chi connectivity index (χ2v) is 5.14. The maximum atomic E-state index is 9.65. The molecule has 0 aromatic heterocycles. The molecule has 2 aromatic carbocycles. The Morgan fingerprint density at radius 2 is 1.89 bits per heavy atom. The summed E-state index contributed by atoms with van der Waals surface area (Å²) >= 11 is 0. The SMILES string of the molecule is CCC1Cc2ccc(O)cc2Cc2ccccc21. The van der Waals surface area contributed by atoms with Crippen molar-refractivity contribution in [3.8, 4) is 5.75 Å². The highest BCUT2D eigenvalue weighted by molar-refractivity contribution is 5.45. The normalized spacial score (nSPS) is 17.7. The predicted octanol–water partition coefficient (Wildman–Crippen LogP) is 4.03. The average Bonchev–Trinajstić information content (AvgIpc) is 2.54. The van der Waals surface area contributed by atoms with Crippen molar-refractivity contribution in [2.24, 2.45) is 0 Å². The molecule has 1 unspecified atom stereocenters. The van der Waals surface area contributed by atoms with Crippen molar-refractivity contribution in [3.05, 3.63) is 64.7 Å². The van der Waals surface area contributed by atoms with Crippen molar-refractivity contribution in [2.45, 2.75) is 32.1 Å². The molecule has 0 bridgehead atoms. The summed E-state index contributed by atoms with van der Waals surface area (Å²) in [6.45, 7) is 2.26. The van der Waals surface area contributed by atoms with Crippen LogP contribution in [0, 0.1) is 0 Å². The Labute approximate surface area is 108 Å². The molecule has 1 N–H and O–H groups in total. The van der Waals surface area contributed by atoms with Gasteiger partial charge in [-0.25, -0.2) is 0 Å². The minimum Gasteiger partial charge on any atom is -0.508 e. The van der Waals surface area contributed by atoms with Crippen molar-refractivity contribution in [1.82, 2.24) is 0 Å². The summed E-state index contributed by atoms with van der Waals surface area (Å²) in [6.07, 6.45) is 3.19. The molecular formula is C17H18O. The van der Waals surface area contributed by atoms with Crippen LogP contribution in [-0.2, 0) is 12.8 Å². The lowest BCUT2D eigenvalue weighted by molar-refractivity contribution is 0.474. The molecule has 3 rings (SSSR count). The summed E-state index contributed by atoms with van der Waals surface area (Å²) in [4.78, 5) is 0. The third kappa shape index (κ3) is 1.90. The van der Waals surface area contributed by atoms with Crippen molar-refractivity contribution in [3.63, 3.8) is 0 Å².